The highest BCUT2D eigenvalue weighted by molar-refractivity contribution is 7.01. The van der Waals surface area contributed by atoms with Crippen molar-refractivity contribution in [1.29, 1.82) is 0 Å². The fourth-order valence-corrected chi connectivity index (χ4v) is 20.5. The molecule has 4 aromatic heterocycles. The number of fused-ring (bicyclic) bond motifs is 18. The molecule has 0 fully saturated rings. The van der Waals surface area contributed by atoms with E-state index in [0.717, 1.165) is 155 Å². The van der Waals surface area contributed by atoms with Crippen LogP contribution in [0.4, 0.5) is 34.1 Å². The van der Waals surface area contributed by atoms with Crippen molar-refractivity contribution in [3.05, 3.63) is 435 Å². The largest absolute Gasteiger partial charge is 0.309 e. The van der Waals surface area contributed by atoms with Crippen molar-refractivity contribution in [1.82, 2.24) is 13.5 Å². The average Bonchev–Trinajstić information content (AvgIpc) is 0.820. The van der Waals surface area contributed by atoms with E-state index in [1.165, 1.54) is 0 Å². The number of para-hydroxylation sites is 4. The maximum atomic E-state index is 10.8. The number of anilines is 6. The third-order valence-corrected chi connectivity index (χ3v) is 26.5. The van der Waals surface area contributed by atoms with Crippen molar-refractivity contribution in [2.45, 2.75) is 52.4 Å². The summed E-state index contributed by atoms with van der Waals surface area (Å²) >= 11 is 0. The summed E-state index contributed by atoms with van der Waals surface area (Å²) < 4.78 is 148. The zero-order valence-electron chi connectivity index (χ0n) is 85.1. The SMILES string of the molecule is [2H]c1c([2H])c([2H])c2c(c1[2H])c1c([2H])c([2H])c(-c3ccccc3)c([2H])c1n2-c1ccc2c(c1)N(c1c(-c3ccccc3)cc(C(C)(C)C)cc1-c1cccc(-c3ccccc3)c1)c1c3c(c4c5ccccc5n5c6ccccc6c1c45)N(c1c(-c4ccccc4)cc(C(C)(C)C)cc1-c1cccc(-c4ccccc4)c1)c1cc(-n4c5c([2H])c([2H])c([2H])c([2H])c5c5c([2H])c([2H])c(-c6ccccc6)c([2H])c54)ccc1B23. The molecule has 0 spiro atoms. The zero-order chi connectivity index (χ0) is 97.5. The van der Waals surface area contributed by atoms with Crippen LogP contribution in [0.3, 0.4) is 0 Å². The second kappa shape index (κ2) is 28.9. The molecule has 0 N–H and O–H groups in total. The van der Waals surface area contributed by atoms with E-state index in [0.29, 0.717) is 33.9 Å². The molecular weight excluding hydrogens is 1550 g/mol. The third-order valence-electron chi connectivity index (χ3n) is 26.5. The molecule has 0 aliphatic carbocycles. The first kappa shape index (κ1) is 61.5. The molecule has 6 heteroatoms. The lowest BCUT2D eigenvalue weighted by atomic mass is 9.33. The van der Waals surface area contributed by atoms with Crippen LogP contribution in [0.15, 0.2) is 424 Å². The van der Waals surface area contributed by atoms with Crippen LogP contribution in [0.2, 0.25) is 0 Å². The molecule has 5 nitrogen and oxygen atoms in total. The maximum Gasteiger partial charge on any atom is 0.252 e. The van der Waals surface area contributed by atoms with Gasteiger partial charge in [0, 0.05) is 88.1 Å². The van der Waals surface area contributed by atoms with Crippen LogP contribution in [-0.2, 0) is 10.8 Å². The topological polar surface area (TPSA) is 20.8 Å². The van der Waals surface area contributed by atoms with Crippen LogP contribution in [0.5, 0.6) is 0 Å². The summed E-state index contributed by atoms with van der Waals surface area (Å²) in [6.07, 6.45) is 0. The van der Waals surface area contributed by atoms with Gasteiger partial charge in [-0.2, -0.15) is 0 Å². The lowest BCUT2D eigenvalue weighted by molar-refractivity contribution is 0.590. The highest BCUT2D eigenvalue weighted by Gasteiger charge is 2.49. The molecule has 19 aromatic carbocycles. The Morgan fingerprint density at radius 2 is 0.578 bits per heavy atom. The first-order chi connectivity index (χ1) is 68.7. The van der Waals surface area contributed by atoms with Crippen molar-refractivity contribution >= 4 is 139 Å². The summed E-state index contributed by atoms with van der Waals surface area (Å²) in [5.41, 5.74) is 23.9. The van der Waals surface area contributed by atoms with E-state index in [-0.39, 0.29) is 91.0 Å². The summed E-state index contributed by atoms with van der Waals surface area (Å²) in [7, 11) is 0. The quantitative estimate of drug-likeness (QED) is 0.114. The van der Waals surface area contributed by atoms with Gasteiger partial charge in [-0.25, -0.2) is 0 Å². The summed E-state index contributed by atoms with van der Waals surface area (Å²) in [5.74, 6) is 0. The van der Waals surface area contributed by atoms with Crippen LogP contribution < -0.4 is 26.2 Å². The normalized spacial score (nSPS) is 14.2. The van der Waals surface area contributed by atoms with Crippen molar-refractivity contribution in [3.8, 4) is 100 Å². The minimum Gasteiger partial charge on any atom is -0.309 e. The van der Waals surface area contributed by atoms with E-state index in [9.17, 15) is 19.2 Å². The number of aromatic nitrogens is 3. The smallest absolute Gasteiger partial charge is 0.252 e. The molecule has 0 atom stereocenters. The van der Waals surface area contributed by atoms with Gasteiger partial charge in [0.05, 0.1) is 80.6 Å². The molecule has 0 radical (unpaired) electrons. The van der Waals surface area contributed by atoms with E-state index < -0.39 is 65.9 Å². The second-order valence-corrected chi connectivity index (χ2v) is 35.9. The van der Waals surface area contributed by atoms with Crippen LogP contribution in [0.1, 0.15) is 71.9 Å². The maximum absolute atomic E-state index is 10.8. The highest BCUT2D eigenvalue weighted by Crippen LogP contribution is 2.61. The lowest BCUT2D eigenvalue weighted by Crippen LogP contribution is -2.61. The second-order valence-electron chi connectivity index (χ2n) is 35.9. The molecule has 6 heterocycles. The van der Waals surface area contributed by atoms with Gasteiger partial charge in [-0.05, 0) is 202 Å². The Hall–Kier alpha value is -15.8. The molecule has 2 aliphatic heterocycles. The monoisotopic (exact) mass is 1650 g/mol. The van der Waals surface area contributed by atoms with E-state index >= 15 is 0 Å². The van der Waals surface area contributed by atoms with Gasteiger partial charge in [0.2, 0.25) is 0 Å². The fourth-order valence-electron chi connectivity index (χ4n) is 20.5. The Kier molecular flexibility index (Phi) is 13.9. The molecule has 25 rings (SSSR count). The highest BCUT2D eigenvalue weighted by atomic mass is 15.2. The van der Waals surface area contributed by atoms with Crippen LogP contribution in [-0.4, -0.2) is 20.2 Å². The molecule has 0 saturated heterocycles. The van der Waals surface area contributed by atoms with E-state index in [4.69, 9.17) is 0 Å². The van der Waals surface area contributed by atoms with Crippen molar-refractivity contribution in [2.24, 2.45) is 0 Å². The Morgan fingerprint density at radius 3 is 0.969 bits per heavy atom. The Balaban J connectivity index is 0.937. The molecule has 0 saturated carbocycles. The first-order valence-corrected chi connectivity index (χ1v) is 43.8. The van der Waals surface area contributed by atoms with Crippen LogP contribution in [0, 0.1) is 0 Å². The fraction of sp³-hybridized carbons (Fsp3) is 0.0656. The summed E-state index contributed by atoms with van der Waals surface area (Å²) in [6, 6.07) is 112. The van der Waals surface area contributed by atoms with Gasteiger partial charge in [-0.15, -0.1) is 0 Å². The Morgan fingerprint density at radius 1 is 0.250 bits per heavy atom. The number of nitrogens with zero attached hydrogens (tertiary/aromatic N) is 5. The van der Waals surface area contributed by atoms with E-state index in [1.807, 2.05) is 97.1 Å². The Labute approximate surface area is 765 Å². The minimum atomic E-state index is -0.867. The van der Waals surface area contributed by atoms with Gasteiger partial charge >= 0.3 is 0 Å². The first-order valence-electron chi connectivity index (χ1n) is 50.8. The lowest BCUT2D eigenvalue weighted by Gasteiger charge is -2.46. The summed E-state index contributed by atoms with van der Waals surface area (Å²) in [6.45, 7) is 12.6. The average molecular weight is 1650 g/mol. The molecule has 2 aliphatic rings. The molecule has 0 unspecified atom stereocenters. The van der Waals surface area contributed by atoms with Gasteiger partial charge in [0.15, 0.2) is 0 Å². The number of benzene rings is 19. The van der Waals surface area contributed by atoms with Gasteiger partial charge in [0.25, 0.3) is 6.71 Å². The zero-order valence-corrected chi connectivity index (χ0v) is 71.1. The van der Waals surface area contributed by atoms with Crippen LogP contribution >= 0.6 is 0 Å². The third kappa shape index (κ3) is 11.6. The number of rotatable bonds is 12. The Bertz CT molecular complexity index is 8830. The molecule has 0 amide bonds. The van der Waals surface area contributed by atoms with Crippen molar-refractivity contribution < 1.29 is 19.2 Å². The van der Waals surface area contributed by atoms with Crippen molar-refractivity contribution in [2.75, 3.05) is 9.80 Å². The number of hydrogen-bond acceptors (Lipinski definition) is 2. The van der Waals surface area contributed by atoms with E-state index in [2.05, 4.69) is 298 Å². The van der Waals surface area contributed by atoms with Gasteiger partial charge in [-0.1, -0.05) is 369 Å². The molecule has 23 aromatic rings. The molecule has 0 bridgehead atoms. The van der Waals surface area contributed by atoms with Gasteiger partial charge in [-0.3, -0.25) is 0 Å². The summed E-state index contributed by atoms with van der Waals surface area (Å²) in [4.78, 5) is 4.99. The summed E-state index contributed by atoms with van der Waals surface area (Å²) in [5, 5.41) is 3.68. The van der Waals surface area contributed by atoms with Crippen molar-refractivity contribution in [3.63, 3.8) is 0 Å². The van der Waals surface area contributed by atoms with Gasteiger partial charge < -0.3 is 23.3 Å². The minimum absolute atomic E-state index is 0.00964. The standard InChI is InChI=1S/C122H88BN5/c1-121(2,3)89-71-99(81-43-21-11-22-44-81)116(101(73-89)87-49-33-47-83(67-87)77-35-13-7-14-36-77)127-111-75-91(124-105-55-29-25-51-93(105)95-63-59-85(69-109(95)124)79-39-17-9-18-40-79)61-65-103(111)123-104-66-62-92(125-106-56-30-26-52-94(106)96-64-60-86(70-110(96)125)80-41-19-10-20-42-80)76-112(104)128(120-114-98-54-28-32-58-108(98)126-107-57-31-27-53-97(107)113(118(114)126)119(127)115(120)123)117-100(82-45-23-12-24-46-82)72-90(122(4,5)6)74-102(117)88-50-34-48-84(68-88)78-37-15-8-16-38-78/h7-76H,1-6H3/i25D,26D,29D,30D,51D,52D,55D,56D,59D,60D,63D,64D,69D,70D. The number of hydrogen-bond donors (Lipinski definition) is 0. The molecular formula is C122H88BN5. The van der Waals surface area contributed by atoms with Crippen LogP contribution in [0.25, 0.3) is 182 Å². The van der Waals surface area contributed by atoms with E-state index in [1.54, 1.807) is 9.13 Å². The predicted molar refractivity (Wildman–Crippen MR) is 545 cm³/mol. The predicted octanol–water partition coefficient (Wildman–Crippen LogP) is 31.0. The molecule has 128 heavy (non-hydrogen) atoms. The van der Waals surface area contributed by atoms with Gasteiger partial charge in [0.1, 0.15) is 0 Å². The molecule has 604 valence electrons.